The van der Waals surface area contributed by atoms with Gasteiger partial charge >= 0.3 is 0 Å². The van der Waals surface area contributed by atoms with Crippen molar-refractivity contribution in [3.05, 3.63) is 17.7 Å². The number of hydrogen-bond donors (Lipinski definition) is 1. The summed E-state index contributed by atoms with van der Waals surface area (Å²) in [4.78, 5) is 0. The van der Waals surface area contributed by atoms with Gasteiger partial charge in [-0.05, 0) is 18.9 Å². The third kappa shape index (κ3) is 4.56. The number of rotatable bonds is 8. The predicted molar refractivity (Wildman–Crippen MR) is 87.6 cm³/mol. The van der Waals surface area contributed by atoms with E-state index in [4.69, 9.17) is 14.2 Å². The number of benzene rings is 1. The molecule has 0 atom stereocenters. The smallest absolute Gasteiger partial charge is 0.203 e. The van der Waals surface area contributed by atoms with Crippen LogP contribution in [0.15, 0.2) is 12.1 Å². The Labute approximate surface area is 132 Å². The zero-order valence-corrected chi connectivity index (χ0v) is 14.7. The minimum absolute atomic E-state index is 0. The van der Waals surface area contributed by atoms with Gasteiger partial charge in [0.15, 0.2) is 11.5 Å². The molecule has 0 aliphatic carbocycles. The minimum atomic E-state index is 0. The van der Waals surface area contributed by atoms with Crippen LogP contribution in [0.2, 0.25) is 0 Å². The molecule has 1 rings (SSSR count). The fourth-order valence-electron chi connectivity index (χ4n) is 2.13. The Balaban J connectivity index is 0.00000361. The maximum atomic E-state index is 5.46. The zero-order chi connectivity index (χ0) is 14.3. The van der Waals surface area contributed by atoms with Crippen LogP contribution in [-0.2, 0) is 6.54 Å². The van der Waals surface area contributed by atoms with Crippen molar-refractivity contribution in [1.29, 1.82) is 0 Å². The molecule has 4 nitrogen and oxygen atoms in total. The van der Waals surface area contributed by atoms with E-state index in [0.29, 0.717) is 17.5 Å². The highest BCUT2D eigenvalue weighted by molar-refractivity contribution is 8.93. The molecule has 0 radical (unpaired) electrons. The van der Waals surface area contributed by atoms with Crippen molar-refractivity contribution in [3.63, 3.8) is 0 Å². The fourth-order valence-corrected chi connectivity index (χ4v) is 2.13. The number of ether oxygens (including phenoxy) is 3. The maximum Gasteiger partial charge on any atom is 0.203 e. The quantitative estimate of drug-likeness (QED) is 0.780. The maximum absolute atomic E-state index is 5.46. The van der Waals surface area contributed by atoms with Gasteiger partial charge in [0, 0.05) is 18.2 Å². The molecule has 0 aliphatic rings. The second-order valence-electron chi connectivity index (χ2n) is 4.39. The van der Waals surface area contributed by atoms with E-state index in [1.165, 1.54) is 0 Å². The highest BCUT2D eigenvalue weighted by atomic mass is 79.9. The average molecular weight is 348 g/mol. The first kappa shape index (κ1) is 19.1. The zero-order valence-electron chi connectivity index (χ0n) is 13.0. The van der Waals surface area contributed by atoms with Crippen LogP contribution in [0.5, 0.6) is 17.2 Å². The van der Waals surface area contributed by atoms with Crippen molar-refractivity contribution >= 4 is 17.0 Å². The van der Waals surface area contributed by atoms with Gasteiger partial charge in [-0.2, -0.15) is 0 Å². The Morgan fingerprint density at radius 2 is 1.55 bits per heavy atom. The molecule has 0 saturated heterocycles. The number of halogens is 1. The highest BCUT2D eigenvalue weighted by Gasteiger charge is 2.16. The monoisotopic (exact) mass is 347 g/mol. The molecule has 1 N–H and O–H groups in total. The van der Waals surface area contributed by atoms with Gasteiger partial charge in [0.1, 0.15) is 0 Å². The average Bonchev–Trinajstić information content (AvgIpc) is 2.47. The van der Waals surface area contributed by atoms with Crippen LogP contribution in [-0.4, -0.2) is 27.4 Å². The Morgan fingerprint density at radius 3 is 2.00 bits per heavy atom. The van der Waals surface area contributed by atoms with Crippen molar-refractivity contribution < 1.29 is 14.2 Å². The van der Waals surface area contributed by atoms with Gasteiger partial charge in [-0.1, -0.05) is 19.9 Å². The van der Waals surface area contributed by atoms with E-state index in [1.54, 1.807) is 21.3 Å². The van der Waals surface area contributed by atoms with Crippen molar-refractivity contribution in [2.24, 2.45) is 0 Å². The summed E-state index contributed by atoms with van der Waals surface area (Å²) in [5.74, 6) is 2.07. The largest absolute Gasteiger partial charge is 0.493 e. The van der Waals surface area contributed by atoms with Gasteiger partial charge in [-0.25, -0.2) is 0 Å². The van der Waals surface area contributed by atoms with Gasteiger partial charge in [0.05, 0.1) is 21.3 Å². The number of nitrogens with one attached hydrogen (secondary N) is 1. The molecule has 0 bridgehead atoms. The first-order chi connectivity index (χ1) is 9.21. The lowest BCUT2D eigenvalue weighted by Crippen LogP contribution is -2.27. The lowest BCUT2D eigenvalue weighted by Gasteiger charge is -2.18. The third-order valence-electron chi connectivity index (χ3n) is 3.35. The van der Waals surface area contributed by atoms with Gasteiger partial charge in [-0.3, -0.25) is 0 Å². The highest BCUT2D eigenvalue weighted by Crippen LogP contribution is 2.39. The van der Waals surface area contributed by atoms with Gasteiger partial charge in [0.25, 0.3) is 0 Å². The molecule has 0 unspecified atom stereocenters. The predicted octanol–water partition coefficient (Wildman–Crippen LogP) is 3.57. The van der Waals surface area contributed by atoms with E-state index in [0.717, 1.165) is 30.7 Å². The first-order valence-electron chi connectivity index (χ1n) is 6.72. The molecule has 0 heterocycles. The van der Waals surface area contributed by atoms with Crippen LogP contribution < -0.4 is 19.5 Å². The molecule has 0 spiro atoms. The third-order valence-corrected chi connectivity index (χ3v) is 3.35. The molecule has 1 aromatic rings. The van der Waals surface area contributed by atoms with E-state index in [1.807, 2.05) is 12.1 Å². The molecule has 5 heteroatoms. The molecule has 116 valence electrons. The van der Waals surface area contributed by atoms with Gasteiger partial charge < -0.3 is 19.5 Å². The molecule has 0 aromatic heterocycles. The normalized spacial score (nSPS) is 10.1. The summed E-state index contributed by atoms with van der Waals surface area (Å²) >= 11 is 0. The standard InChI is InChI=1S/C15H25NO3.BrH/c1-6-12(7-2)16-10-11-8-9-13(17-3)15(19-5)14(11)18-4;/h8-9,12,16H,6-7,10H2,1-5H3;1H. The Kier molecular flexibility index (Phi) is 9.42. The Hall–Kier alpha value is -0.940. The van der Waals surface area contributed by atoms with E-state index >= 15 is 0 Å². The van der Waals surface area contributed by atoms with Crippen LogP contribution in [0.1, 0.15) is 32.3 Å². The molecule has 0 amide bonds. The van der Waals surface area contributed by atoms with Gasteiger partial charge in [0.2, 0.25) is 5.75 Å². The van der Waals surface area contributed by atoms with E-state index in [2.05, 4.69) is 19.2 Å². The summed E-state index contributed by atoms with van der Waals surface area (Å²) in [7, 11) is 4.90. The molecule has 0 saturated carbocycles. The topological polar surface area (TPSA) is 39.7 Å². The number of methoxy groups -OCH3 is 3. The number of hydrogen-bond acceptors (Lipinski definition) is 4. The summed E-state index contributed by atoms with van der Waals surface area (Å²) in [6.45, 7) is 5.13. The second kappa shape index (κ2) is 9.88. The summed E-state index contributed by atoms with van der Waals surface area (Å²) in [6.07, 6.45) is 2.23. The van der Waals surface area contributed by atoms with Crippen LogP contribution in [0, 0.1) is 0 Å². The van der Waals surface area contributed by atoms with Crippen molar-refractivity contribution in [2.75, 3.05) is 21.3 Å². The van der Waals surface area contributed by atoms with Crippen LogP contribution in [0.25, 0.3) is 0 Å². The van der Waals surface area contributed by atoms with Crippen LogP contribution in [0.4, 0.5) is 0 Å². The lowest BCUT2D eigenvalue weighted by atomic mass is 10.1. The molecule has 20 heavy (non-hydrogen) atoms. The van der Waals surface area contributed by atoms with E-state index < -0.39 is 0 Å². The van der Waals surface area contributed by atoms with Crippen LogP contribution in [0.3, 0.4) is 0 Å². The van der Waals surface area contributed by atoms with Crippen molar-refractivity contribution in [3.8, 4) is 17.2 Å². The summed E-state index contributed by atoms with van der Waals surface area (Å²) in [6, 6.07) is 4.44. The Bertz CT molecular complexity index is 395. The summed E-state index contributed by atoms with van der Waals surface area (Å²) < 4.78 is 16.1. The molecule has 0 aliphatic heterocycles. The Morgan fingerprint density at radius 1 is 0.950 bits per heavy atom. The minimum Gasteiger partial charge on any atom is -0.493 e. The van der Waals surface area contributed by atoms with Crippen molar-refractivity contribution in [2.45, 2.75) is 39.3 Å². The second-order valence-corrected chi connectivity index (χ2v) is 4.39. The summed E-state index contributed by atoms with van der Waals surface area (Å²) in [5, 5.41) is 3.52. The molecular weight excluding hydrogens is 322 g/mol. The van der Waals surface area contributed by atoms with Gasteiger partial charge in [-0.15, -0.1) is 17.0 Å². The van der Waals surface area contributed by atoms with Crippen molar-refractivity contribution in [1.82, 2.24) is 5.32 Å². The first-order valence-corrected chi connectivity index (χ1v) is 6.72. The van der Waals surface area contributed by atoms with E-state index in [-0.39, 0.29) is 17.0 Å². The molecule has 0 fully saturated rings. The van der Waals surface area contributed by atoms with Crippen LogP contribution >= 0.6 is 17.0 Å². The van der Waals surface area contributed by atoms with E-state index in [9.17, 15) is 0 Å². The fraction of sp³-hybridized carbons (Fsp3) is 0.600. The summed E-state index contributed by atoms with van der Waals surface area (Å²) in [5.41, 5.74) is 1.08. The lowest BCUT2D eigenvalue weighted by molar-refractivity contribution is 0.321. The molecular formula is C15H26BrNO3. The SMILES string of the molecule is Br.CCC(CC)NCc1ccc(OC)c(OC)c1OC. The molecule has 1 aromatic carbocycles.